The lowest BCUT2D eigenvalue weighted by Gasteiger charge is -2.04. The predicted octanol–water partition coefficient (Wildman–Crippen LogP) is 2.06. The van der Waals surface area contributed by atoms with Crippen molar-refractivity contribution in [2.24, 2.45) is 4.99 Å². The lowest BCUT2D eigenvalue weighted by molar-refractivity contribution is -0.120. The molecule has 3 heteroatoms. The molecule has 0 aromatic rings. The molecule has 0 fully saturated rings. The van der Waals surface area contributed by atoms with Gasteiger partial charge in [-0.1, -0.05) is 19.6 Å². The van der Waals surface area contributed by atoms with Crippen molar-refractivity contribution in [2.45, 2.75) is 27.2 Å². The van der Waals surface area contributed by atoms with Gasteiger partial charge in [0.2, 0.25) is 5.91 Å². The smallest absolute Gasteiger partial charge is 0.220 e. The van der Waals surface area contributed by atoms with Gasteiger partial charge in [0, 0.05) is 12.1 Å². The summed E-state index contributed by atoms with van der Waals surface area (Å²) in [4.78, 5) is 15.2. The highest BCUT2D eigenvalue weighted by atomic mass is 16.1. The Morgan fingerprint density at radius 1 is 1.57 bits per heavy atom. The third-order valence-corrected chi connectivity index (χ3v) is 1.74. The number of hydrogen-bond donors (Lipinski definition) is 1. The number of amides is 1. The first-order valence-corrected chi connectivity index (χ1v) is 4.73. The molecule has 0 atom stereocenters. The lowest BCUT2D eigenvalue weighted by atomic mass is 10.3. The van der Waals surface area contributed by atoms with E-state index in [1.807, 2.05) is 26.8 Å². The molecule has 0 radical (unpaired) electrons. The standard InChI is InChI=1S/C11H18N2O/c1-5-9(4)13-10(6-2)8-12-11(14)7-3/h5-6H,1,7-8H2,2-4H3,(H,12,14)/b10-6-,13-9?. The van der Waals surface area contributed by atoms with Crippen molar-refractivity contribution < 1.29 is 4.79 Å². The zero-order valence-corrected chi connectivity index (χ0v) is 9.13. The van der Waals surface area contributed by atoms with E-state index in [4.69, 9.17) is 0 Å². The monoisotopic (exact) mass is 194 g/mol. The molecule has 3 nitrogen and oxygen atoms in total. The van der Waals surface area contributed by atoms with E-state index in [1.54, 1.807) is 6.08 Å². The molecular weight excluding hydrogens is 176 g/mol. The molecule has 0 saturated carbocycles. The first-order chi connectivity index (χ1) is 6.63. The average Bonchev–Trinajstić information content (AvgIpc) is 2.22. The van der Waals surface area contributed by atoms with Crippen molar-refractivity contribution in [1.29, 1.82) is 0 Å². The van der Waals surface area contributed by atoms with Gasteiger partial charge in [-0.05, 0) is 19.9 Å². The van der Waals surface area contributed by atoms with Gasteiger partial charge >= 0.3 is 0 Å². The van der Waals surface area contributed by atoms with Crippen LogP contribution in [0.1, 0.15) is 27.2 Å². The molecular formula is C11H18N2O. The summed E-state index contributed by atoms with van der Waals surface area (Å²) in [5, 5.41) is 2.76. The van der Waals surface area contributed by atoms with Gasteiger partial charge in [0.15, 0.2) is 0 Å². The number of carbonyl (C=O) groups excluding carboxylic acids is 1. The number of nitrogens with zero attached hydrogens (tertiary/aromatic N) is 1. The summed E-state index contributed by atoms with van der Waals surface area (Å²) < 4.78 is 0. The molecule has 1 N–H and O–H groups in total. The quantitative estimate of drug-likeness (QED) is 0.669. The minimum absolute atomic E-state index is 0.0378. The van der Waals surface area contributed by atoms with Crippen LogP contribution in [0.25, 0.3) is 0 Å². The first kappa shape index (κ1) is 12.6. The normalized spacial score (nSPS) is 12.5. The highest BCUT2D eigenvalue weighted by molar-refractivity contribution is 5.93. The Labute approximate surface area is 85.6 Å². The van der Waals surface area contributed by atoms with Crippen LogP contribution in [0.2, 0.25) is 0 Å². The van der Waals surface area contributed by atoms with Crippen molar-refractivity contribution >= 4 is 11.6 Å². The molecule has 78 valence electrons. The number of aliphatic imine (C=N–C) groups is 1. The maximum Gasteiger partial charge on any atom is 0.220 e. The molecule has 0 aromatic carbocycles. The Hall–Kier alpha value is -1.38. The number of hydrogen-bond acceptors (Lipinski definition) is 2. The van der Waals surface area contributed by atoms with Crippen LogP contribution in [0.3, 0.4) is 0 Å². The largest absolute Gasteiger partial charge is 0.350 e. The second-order valence-corrected chi connectivity index (χ2v) is 2.87. The Morgan fingerprint density at radius 3 is 2.64 bits per heavy atom. The van der Waals surface area contributed by atoms with Crippen LogP contribution in [0.4, 0.5) is 0 Å². The van der Waals surface area contributed by atoms with Gasteiger partial charge in [-0.2, -0.15) is 0 Å². The van der Waals surface area contributed by atoms with Crippen molar-refractivity contribution in [3.05, 3.63) is 24.4 Å². The van der Waals surface area contributed by atoms with E-state index in [0.717, 1.165) is 11.4 Å². The van der Waals surface area contributed by atoms with Gasteiger partial charge in [0.25, 0.3) is 0 Å². The third-order valence-electron chi connectivity index (χ3n) is 1.74. The van der Waals surface area contributed by atoms with Gasteiger partial charge in [-0.25, -0.2) is 0 Å². The summed E-state index contributed by atoms with van der Waals surface area (Å²) in [5.41, 5.74) is 1.70. The molecule has 1 amide bonds. The molecule has 0 spiro atoms. The van der Waals surface area contributed by atoms with E-state index in [9.17, 15) is 4.79 Å². The minimum Gasteiger partial charge on any atom is -0.350 e. The van der Waals surface area contributed by atoms with Crippen LogP contribution in [0.5, 0.6) is 0 Å². The zero-order valence-electron chi connectivity index (χ0n) is 9.13. The fourth-order valence-electron chi connectivity index (χ4n) is 0.792. The molecule has 0 heterocycles. The lowest BCUT2D eigenvalue weighted by Crippen LogP contribution is -2.24. The Balaban J connectivity index is 4.19. The summed E-state index contributed by atoms with van der Waals surface area (Å²) in [7, 11) is 0. The molecule has 0 aliphatic rings. The summed E-state index contributed by atoms with van der Waals surface area (Å²) in [6, 6.07) is 0. The molecule has 0 aromatic heterocycles. The maximum atomic E-state index is 11.0. The van der Waals surface area contributed by atoms with Gasteiger partial charge < -0.3 is 5.32 Å². The third kappa shape index (κ3) is 5.30. The Kier molecular flexibility index (Phi) is 6.37. The maximum absolute atomic E-state index is 11.0. The van der Waals surface area contributed by atoms with E-state index < -0.39 is 0 Å². The molecule has 0 bridgehead atoms. The highest BCUT2D eigenvalue weighted by Gasteiger charge is 1.98. The molecule has 0 rings (SSSR count). The van der Waals surface area contributed by atoms with E-state index in [2.05, 4.69) is 16.9 Å². The second kappa shape index (κ2) is 7.06. The molecule has 0 unspecified atom stereocenters. The number of nitrogens with one attached hydrogen (secondary N) is 1. The minimum atomic E-state index is 0.0378. The van der Waals surface area contributed by atoms with E-state index in [0.29, 0.717) is 13.0 Å². The van der Waals surface area contributed by atoms with Gasteiger partial charge in [-0.15, -0.1) is 0 Å². The van der Waals surface area contributed by atoms with Crippen molar-refractivity contribution in [1.82, 2.24) is 5.32 Å². The number of rotatable bonds is 5. The van der Waals surface area contributed by atoms with Gasteiger partial charge in [0.1, 0.15) is 0 Å². The van der Waals surface area contributed by atoms with E-state index in [-0.39, 0.29) is 5.91 Å². The van der Waals surface area contributed by atoms with E-state index in [1.165, 1.54) is 0 Å². The zero-order chi connectivity index (χ0) is 11.0. The van der Waals surface area contributed by atoms with Gasteiger partial charge in [0.05, 0.1) is 12.2 Å². The molecule has 0 saturated heterocycles. The summed E-state index contributed by atoms with van der Waals surface area (Å²) >= 11 is 0. The molecule has 0 aliphatic carbocycles. The summed E-state index contributed by atoms with van der Waals surface area (Å²) in [6.45, 7) is 9.69. The number of allylic oxidation sites excluding steroid dienone is 2. The van der Waals surface area contributed by atoms with Crippen molar-refractivity contribution in [3.8, 4) is 0 Å². The fourth-order valence-corrected chi connectivity index (χ4v) is 0.792. The van der Waals surface area contributed by atoms with Crippen LogP contribution < -0.4 is 5.32 Å². The summed E-state index contributed by atoms with van der Waals surface area (Å²) in [6.07, 6.45) is 4.06. The van der Waals surface area contributed by atoms with Crippen LogP contribution in [0, 0.1) is 0 Å². The van der Waals surface area contributed by atoms with Crippen LogP contribution in [-0.2, 0) is 4.79 Å². The molecule has 0 aliphatic heterocycles. The van der Waals surface area contributed by atoms with Crippen LogP contribution in [-0.4, -0.2) is 18.2 Å². The SMILES string of the molecule is C=CC(C)=N/C(=C\C)CNC(=O)CC. The predicted molar refractivity (Wildman–Crippen MR) is 60.4 cm³/mol. The second-order valence-electron chi connectivity index (χ2n) is 2.87. The number of carbonyl (C=O) groups is 1. The van der Waals surface area contributed by atoms with Gasteiger partial charge in [-0.3, -0.25) is 9.79 Å². The van der Waals surface area contributed by atoms with Crippen molar-refractivity contribution in [3.63, 3.8) is 0 Å². The first-order valence-electron chi connectivity index (χ1n) is 4.73. The van der Waals surface area contributed by atoms with E-state index >= 15 is 0 Å². The Bertz CT molecular complexity index is 264. The fraction of sp³-hybridized carbons (Fsp3) is 0.455. The van der Waals surface area contributed by atoms with Crippen LogP contribution >= 0.6 is 0 Å². The summed E-state index contributed by atoms with van der Waals surface area (Å²) in [5.74, 6) is 0.0378. The Morgan fingerprint density at radius 2 is 2.21 bits per heavy atom. The van der Waals surface area contributed by atoms with Crippen LogP contribution in [0.15, 0.2) is 29.4 Å². The molecule has 14 heavy (non-hydrogen) atoms. The average molecular weight is 194 g/mol. The van der Waals surface area contributed by atoms with Crippen molar-refractivity contribution in [2.75, 3.05) is 6.54 Å². The topological polar surface area (TPSA) is 41.5 Å². The highest BCUT2D eigenvalue weighted by Crippen LogP contribution is 1.96.